The predicted octanol–water partition coefficient (Wildman–Crippen LogP) is 1.93. The van der Waals surface area contributed by atoms with Crippen LogP contribution in [0.3, 0.4) is 0 Å². The normalized spacial score (nSPS) is 17.5. The monoisotopic (exact) mass is 199 g/mol. The number of aromatic nitrogens is 1. The molecule has 4 nitrogen and oxygen atoms in total. The van der Waals surface area contributed by atoms with Gasteiger partial charge in [0.2, 0.25) is 5.13 Å². The molecule has 1 aliphatic heterocycles. The fraction of sp³-hybridized carbons (Fsp3) is 0.625. The van der Waals surface area contributed by atoms with E-state index < -0.39 is 0 Å². The van der Waals surface area contributed by atoms with Crippen LogP contribution in [0.25, 0.3) is 0 Å². The van der Waals surface area contributed by atoms with E-state index >= 15 is 0 Å². The molecule has 0 bridgehead atoms. The van der Waals surface area contributed by atoms with Gasteiger partial charge in [-0.25, -0.2) is 10.5 Å². The molecule has 2 heterocycles. The van der Waals surface area contributed by atoms with Crippen molar-refractivity contribution in [1.82, 2.24) is 4.98 Å². The molecule has 72 valence electrons. The summed E-state index contributed by atoms with van der Waals surface area (Å²) in [4.78, 5) is 6.35. The Kier molecular flexibility index (Phi) is 2.65. The topological polar surface area (TPSA) is 48.4 Å². The predicted molar refractivity (Wildman–Crippen MR) is 53.6 cm³/mol. The number of hydrogen-bond donors (Lipinski definition) is 2. The molecule has 1 fully saturated rings. The highest BCUT2D eigenvalue weighted by molar-refractivity contribution is 7.19. The minimum absolute atomic E-state index is 0.570. The molecular formula is C8H13N3OS. The molecule has 13 heavy (non-hydrogen) atoms. The van der Waals surface area contributed by atoms with Gasteiger partial charge in [-0.3, -0.25) is 5.21 Å². The number of nitrogens with zero attached hydrogens (tertiary/aromatic N) is 2. The van der Waals surface area contributed by atoms with Gasteiger partial charge >= 0.3 is 0 Å². The van der Waals surface area contributed by atoms with Gasteiger partial charge in [-0.1, -0.05) is 11.3 Å². The molecule has 1 aromatic heterocycles. The van der Waals surface area contributed by atoms with Crippen molar-refractivity contribution in [2.45, 2.75) is 19.3 Å². The van der Waals surface area contributed by atoms with Crippen molar-refractivity contribution in [3.63, 3.8) is 0 Å². The molecule has 0 radical (unpaired) electrons. The first-order valence-corrected chi connectivity index (χ1v) is 5.32. The zero-order chi connectivity index (χ0) is 9.10. The third kappa shape index (κ3) is 1.92. The lowest BCUT2D eigenvalue weighted by molar-refractivity contribution is 0.388. The SMILES string of the molecule is ONc1ncc(N2CCCCC2)s1. The second kappa shape index (κ2) is 3.93. The molecule has 2 N–H and O–H groups in total. The summed E-state index contributed by atoms with van der Waals surface area (Å²) in [5, 5.41) is 10.3. The van der Waals surface area contributed by atoms with Crippen molar-refractivity contribution >= 4 is 21.5 Å². The molecule has 0 aromatic carbocycles. The van der Waals surface area contributed by atoms with Crippen LogP contribution < -0.4 is 10.4 Å². The van der Waals surface area contributed by atoms with Crippen LogP contribution in [0.4, 0.5) is 10.1 Å². The number of nitrogens with one attached hydrogen (secondary N) is 1. The number of rotatable bonds is 2. The molecule has 1 saturated heterocycles. The van der Waals surface area contributed by atoms with E-state index in [0.29, 0.717) is 5.13 Å². The number of piperidine rings is 1. The van der Waals surface area contributed by atoms with Crippen LogP contribution in [-0.4, -0.2) is 23.3 Å². The second-order valence-corrected chi connectivity index (χ2v) is 4.17. The summed E-state index contributed by atoms with van der Waals surface area (Å²) in [7, 11) is 0. The Bertz CT molecular complexity index is 270. The van der Waals surface area contributed by atoms with Crippen molar-refractivity contribution in [3.8, 4) is 0 Å². The van der Waals surface area contributed by atoms with Gasteiger partial charge in [0.25, 0.3) is 0 Å². The van der Waals surface area contributed by atoms with Crippen molar-refractivity contribution in [2.24, 2.45) is 0 Å². The molecular weight excluding hydrogens is 186 g/mol. The highest BCUT2D eigenvalue weighted by Gasteiger charge is 2.13. The first-order chi connectivity index (χ1) is 6.40. The van der Waals surface area contributed by atoms with E-state index in [2.05, 4.69) is 15.4 Å². The van der Waals surface area contributed by atoms with Crippen molar-refractivity contribution in [2.75, 3.05) is 23.5 Å². The fourth-order valence-corrected chi connectivity index (χ4v) is 2.34. The molecule has 0 aliphatic carbocycles. The Labute approximate surface area is 81.2 Å². The molecule has 1 aliphatic rings. The Balaban J connectivity index is 2.05. The smallest absolute Gasteiger partial charge is 0.208 e. The molecule has 5 heteroatoms. The summed E-state index contributed by atoms with van der Waals surface area (Å²) in [6.45, 7) is 2.24. The maximum atomic E-state index is 8.63. The lowest BCUT2D eigenvalue weighted by atomic mass is 10.1. The van der Waals surface area contributed by atoms with Crippen LogP contribution in [0.1, 0.15) is 19.3 Å². The van der Waals surface area contributed by atoms with E-state index in [0.717, 1.165) is 18.1 Å². The average Bonchev–Trinajstić information content (AvgIpc) is 2.67. The lowest BCUT2D eigenvalue weighted by Crippen LogP contribution is -2.28. The van der Waals surface area contributed by atoms with Crippen LogP contribution in [0.2, 0.25) is 0 Å². The van der Waals surface area contributed by atoms with E-state index in [-0.39, 0.29) is 0 Å². The quantitative estimate of drug-likeness (QED) is 0.715. The number of hydrogen-bond acceptors (Lipinski definition) is 5. The highest BCUT2D eigenvalue weighted by Crippen LogP contribution is 2.28. The number of thiazole rings is 1. The summed E-state index contributed by atoms with van der Waals surface area (Å²) in [5.41, 5.74) is 2.07. The molecule has 0 saturated carbocycles. The molecule has 0 amide bonds. The average molecular weight is 199 g/mol. The Hall–Kier alpha value is -0.810. The van der Waals surface area contributed by atoms with Crippen LogP contribution >= 0.6 is 11.3 Å². The van der Waals surface area contributed by atoms with E-state index in [1.807, 2.05) is 6.20 Å². The highest BCUT2D eigenvalue weighted by atomic mass is 32.1. The lowest BCUT2D eigenvalue weighted by Gasteiger charge is -2.26. The zero-order valence-electron chi connectivity index (χ0n) is 7.36. The van der Waals surface area contributed by atoms with Crippen molar-refractivity contribution < 1.29 is 5.21 Å². The van der Waals surface area contributed by atoms with Crippen LogP contribution in [-0.2, 0) is 0 Å². The van der Waals surface area contributed by atoms with E-state index in [4.69, 9.17) is 5.21 Å². The Morgan fingerprint density at radius 1 is 1.38 bits per heavy atom. The maximum Gasteiger partial charge on any atom is 0.208 e. The van der Waals surface area contributed by atoms with E-state index in [1.54, 1.807) is 0 Å². The minimum atomic E-state index is 0.570. The number of anilines is 2. The first kappa shape index (κ1) is 8.77. The minimum Gasteiger partial charge on any atom is -0.362 e. The van der Waals surface area contributed by atoms with Gasteiger partial charge in [0.15, 0.2) is 0 Å². The molecule has 2 rings (SSSR count). The van der Waals surface area contributed by atoms with Crippen LogP contribution in [0, 0.1) is 0 Å². The second-order valence-electron chi connectivity index (χ2n) is 3.16. The van der Waals surface area contributed by atoms with Crippen molar-refractivity contribution in [1.29, 1.82) is 0 Å². The summed E-state index contributed by atoms with van der Waals surface area (Å²) >= 11 is 1.49. The summed E-state index contributed by atoms with van der Waals surface area (Å²) < 4.78 is 0. The standard InChI is InChI=1S/C8H13N3OS/c12-10-8-9-6-7(13-8)11-4-2-1-3-5-11/h6,12H,1-5H2,(H,9,10). The summed E-state index contributed by atoms with van der Waals surface area (Å²) in [6, 6.07) is 0. The van der Waals surface area contributed by atoms with Crippen molar-refractivity contribution in [3.05, 3.63) is 6.20 Å². The van der Waals surface area contributed by atoms with Gasteiger partial charge in [-0.2, -0.15) is 0 Å². The first-order valence-electron chi connectivity index (χ1n) is 4.51. The Morgan fingerprint density at radius 3 is 2.77 bits per heavy atom. The summed E-state index contributed by atoms with van der Waals surface area (Å²) in [5.74, 6) is 0. The van der Waals surface area contributed by atoms with Gasteiger partial charge in [0.05, 0.1) is 6.20 Å². The van der Waals surface area contributed by atoms with Gasteiger partial charge < -0.3 is 4.90 Å². The van der Waals surface area contributed by atoms with E-state index in [1.165, 1.54) is 30.6 Å². The van der Waals surface area contributed by atoms with Crippen LogP contribution in [0.5, 0.6) is 0 Å². The zero-order valence-corrected chi connectivity index (χ0v) is 8.18. The van der Waals surface area contributed by atoms with Gasteiger partial charge in [0, 0.05) is 13.1 Å². The molecule has 0 spiro atoms. The Morgan fingerprint density at radius 2 is 2.15 bits per heavy atom. The largest absolute Gasteiger partial charge is 0.362 e. The van der Waals surface area contributed by atoms with Crippen LogP contribution in [0.15, 0.2) is 6.20 Å². The third-order valence-electron chi connectivity index (χ3n) is 2.26. The van der Waals surface area contributed by atoms with Gasteiger partial charge in [0.1, 0.15) is 5.00 Å². The third-order valence-corrected chi connectivity index (χ3v) is 3.22. The molecule has 0 atom stereocenters. The molecule has 0 unspecified atom stereocenters. The van der Waals surface area contributed by atoms with Gasteiger partial charge in [-0.15, -0.1) is 0 Å². The summed E-state index contributed by atoms with van der Waals surface area (Å²) in [6.07, 6.45) is 5.68. The fourth-order valence-electron chi connectivity index (χ4n) is 1.58. The maximum absolute atomic E-state index is 8.63. The van der Waals surface area contributed by atoms with Gasteiger partial charge in [-0.05, 0) is 19.3 Å². The van der Waals surface area contributed by atoms with E-state index in [9.17, 15) is 0 Å². The molecule has 1 aromatic rings.